The van der Waals surface area contributed by atoms with Crippen molar-refractivity contribution >= 4 is 11.5 Å². The van der Waals surface area contributed by atoms with Crippen molar-refractivity contribution in [1.29, 1.82) is 0 Å². The molecule has 0 amide bonds. The molecule has 5 rings (SSSR count). The number of halogens is 2. The predicted octanol–water partition coefficient (Wildman–Crippen LogP) is 2.93. The summed E-state index contributed by atoms with van der Waals surface area (Å²) in [5.74, 6) is -2.50. The third kappa shape index (κ3) is 4.18. The zero-order chi connectivity index (χ0) is 24.7. The molecule has 10 heteroatoms. The van der Waals surface area contributed by atoms with Crippen LogP contribution in [0.4, 0.5) is 14.5 Å². The lowest BCUT2D eigenvalue weighted by molar-refractivity contribution is -0.215. The minimum absolute atomic E-state index is 0.0266. The van der Waals surface area contributed by atoms with Gasteiger partial charge in [0.1, 0.15) is 22.9 Å². The molecule has 2 aliphatic rings. The summed E-state index contributed by atoms with van der Waals surface area (Å²) in [6, 6.07) is 5.08. The van der Waals surface area contributed by atoms with Crippen molar-refractivity contribution in [1.82, 2.24) is 15.0 Å². The highest BCUT2D eigenvalue weighted by Crippen LogP contribution is 2.45. The van der Waals surface area contributed by atoms with Gasteiger partial charge in [0, 0.05) is 25.2 Å². The summed E-state index contributed by atoms with van der Waals surface area (Å²) in [6.07, 6.45) is 4.12. The van der Waals surface area contributed by atoms with Crippen LogP contribution in [0.25, 0.3) is 11.4 Å². The SMILES string of the molecule is Nc1cnc(-c2c(F)cccc2F)nc1C(=O)Cc1cnccc1[C@@H]1C[C@H](O)[C@]2(O)CCC[C@@H]2O1. The standard InChI is InChI=1S/C25H24F2N4O4/c26-15-3-1-4-16(27)22(15)24-30-12-17(28)23(31-24)18(32)9-13-11-29-8-6-14(13)19-10-20(33)25(34)7-2-5-21(25)35-19/h1,3-4,6,8,11-12,19-21,33-34H,2,5,7,9-10,28H2/t19-,20-,21-,25+/m0/s1. The average Bonchev–Trinajstić information content (AvgIpc) is 3.22. The summed E-state index contributed by atoms with van der Waals surface area (Å²) >= 11 is 0. The van der Waals surface area contributed by atoms with E-state index in [0.29, 0.717) is 24.0 Å². The summed E-state index contributed by atoms with van der Waals surface area (Å²) in [5.41, 5.74) is 5.24. The van der Waals surface area contributed by atoms with E-state index in [2.05, 4.69) is 15.0 Å². The van der Waals surface area contributed by atoms with Crippen molar-refractivity contribution in [2.75, 3.05) is 5.73 Å². The Hall–Kier alpha value is -3.34. The molecule has 1 aliphatic carbocycles. The second kappa shape index (κ2) is 9.03. The molecule has 182 valence electrons. The van der Waals surface area contributed by atoms with Crippen LogP contribution in [0.15, 0.2) is 42.9 Å². The largest absolute Gasteiger partial charge is 0.396 e. The van der Waals surface area contributed by atoms with E-state index in [4.69, 9.17) is 10.5 Å². The molecule has 0 spiro atoms. The Kier molecular flexibility index (Phi) is 6.04. The number of nitrogen functional groups attached to an aromatic ring is 1. The Morgan fingerprint density at radius 3 is 2.77 bits per heavy atom. The molecule has 35 heavy (non-hydrogen) atoms. The maximum atomic E-state index is 14.2. The van der Waals surface area contributed by atoms with Gasteiger partial charge in [-0.2, -0.15) is 0 Å². The molecule has 2 aromatic heterocycles. The summed E-state index contributed by atoms with van der Waals surface area (Å²) in [6.45, 7) is 0. The number of aromatic nitrogens is 3. The third-order valence-corrected chi connectivity index (χ3v) is 6.85. The molecule has 0 unspecified atom stereocenters. The van der Waals surface area contributed by atoms with Gasteiger partial charge in [-0.1, -0.05) is 6.07 Å². The zero-order valence-corrected chi connectivity index (χ0v) is 18.7. The summed E-state index contributed by atoms with van der Waals surface area (Å²) in [5, 5.41) is 21.4. The maximum Gasteiger partial charge on any atom is 0.187 e. The van der Waals surface area contributed by atoms with Crippen molar-refractivity contribution < 1.29 is 28.5 Å². The van der Waals surface area contributed by atoms with Crippen LogP contribution in [0.1, 0.15) is 53.4 Å². The molecule has 3 heterocycles. The van der Waals surface area contributed by atoms with Crippen LogP contribution < -0.4 is 5.73 Å². The van der Waals surface area contributed by atoms with E-state index in [1.165, 1.54) is 12.3 Å². The number of pyridine rings is 1. The van der Waals surface area contributed by atoms with Gasteiger partial charge in [0.25, 0.3) is 0 Å². The van der Waals surface area contributed by atoms with E-state index >= 15 is 0 Å². The fourth-order valence-electron chi connectivity index (χ4n) is 5.01. The number of carbonyl (C=O) groups is 1. The molecule has 1 saturated heterocycles. The smallest absolute Gasteiger partial charge is 0.187 e. The Balaban J connectivity index is 1.43. The number of hydrogen-bond donors (Lipinski definition) is 3. The topological polar surface area (TPSA) is 131 Å². The molecule has 4 N–H and O–H groups in total. The fraction of sp³-hybridized carbons (Fsp3) is 0.360. The van der Waals surface area contributed by atoms with Gasteiger partial charge in [0.05, 0.1) is 35.8 Å². The normalized spacial score (nSPS) is 25.9. The molecule has 0 radical (unpaired) electrons. The summed E-state index contributed by atoms with van der Waals surface area (Å²) in [7, 11) is 0. The number of rotatable bonds is 5. The van der Waals surface area contributed by atoms with Crippen molar-refractivity contribution in [3.05, 3.63) is 71.3 Å². The average molecular weight is 482 g/mol. The summed E-state index contributed by atoms with van der Waals surface area (Å²) in [4.78, 5) is 25.3. The van der Waals surface area contributed by atoms with Gasteiger partial charge < -0.3 is 20.7 Å². The minimum atomic E-state index is -1.26. The molecule has 8 nitrogen and oxygen atoms in total. The van der Waals surface area contributed by atoms with Gasteiger partial charge in [-0.05, 0) is 48.6 Å². The molecular formula is C25H24F2N4O4. The number of nitrogens with two attached hydrogens (primary N) is 1. The Morgan fingerprint density at radius 2 is 2.00 bits per heavy atom. The Bertz CT molecular complexity index is 1270. The third-order valence-electron chi connectivity index (χ3n) is 6.85. The second-order valence-electron chi connectivity index (χ2n) is 9.02. The van der Waals surface area contributed by atoms with Gasteiger partial charge >= 0.3 is 0 Å². The van der Waals surface area contributed by atoms with E-state index in [1.54, 1.807) is 12.3 Å². The number of nitrogens with zero attached hydrogens (tertiary/aromatic N) is 3. The second-order valence-corrected chi connectivity index (χ2v) is 9.02. The van der Waals surface area contributed by atoms with E-state index in [9.17, 15) is 23.8 Å². The first-order chi connectivity index (χ1) is 16.8. The van der Waals surface area contributed by atoms with Crippen molar-refractivity contribution in [3.8, 4) is 11.4 Å². The van der Waals surface area contributed by atoms with Gasteiger partial charge in [0.15, 0.2) is 11.6 Å². The lowest BCUT2D eigenvalue weighted by atomic mass is 9.83. The van der Waals surface area contributed by atoms with Gasteiger partial charge in [-0.3, -0.25) is 9.78 Å². The molecule has 4 atom stereocenters. The highest BCUT2D eigenvalue weighted by molar-refractivity contribution is 6.00. The van der Waals surface area contributed by atoms with Crippen LogP contribution in [0.3, 0.4) is 0 Å². The first-order valence-corrected chi connectivity index (χ1v) is 11.4. The number of Topliss-reactive ketones (excluding diaryl/α,β-unsaturated/α-hetero) is 1. The van der Waals surface area contributed by atoms with Gasteiger partial charge in [-0.15, -0.1) is 0 Å². The number of aliphatic hydroxyl groups is 2. The predicted molar refractivity (Wildman–Crippen MR) is 121 cm³/mol. The van der Waals surface area contributed by atoms with Crippen molar-refractivity contribution in [2.24, 2.45) is 0 Å². The molecule has 1 aromatic carbocycles. The highest BCUT2D eigenvalue weighted by atomic mass is 19.1. The molecule has 1 aliphatic heterocycles. The fourth-order valence-corrected chi connectivity index (χ4v) is 5.01. The van der Waals surface area contributed by atoms with Crippen LogP contribution in [0, 0.1) is 11.6 Å². The van der Waals surface area contributed by atoms with Gasteiger partial charge in [-0.25, -0.2) is 18.7 Å². The van der Waals surface area contributed by atoms with Crippen LogP contribution in [-0.2, 0) is 11.2 Å². The highest BCUT2D eigenvalue weighted by Gasteiger charge is 2.52. The van der Waals surface area contributed by atoms with Crippen LogP contribution in [-0.4, -0.2) is 48.8 Å². The Labute approximate surface area is 199 Å². The first-order valence-electron chi connectivity index (χ1n) is 11.4. The van der Waals surface area contributed by atoms with Crippen LogP contribution >= 0.6 is 0 Å². The monoisotopic (exact) mass is 482 g/mol. The van der Waals surface area contributed by atoms with E-state index in [1.807, 2.05) is 0 Å². The number of ether oxygens (including phenoxy) is 1. The van der Waals surface area contributed by atoms with Crippen molar-refractivity contribution in [2.45, 2.75) is 56.0 Å². The number of aliphatic hydroxyl groups excluding tert-OH is 1. The van der Waals surface area contributed by atoms with Gasteiger partial charge in [0.2, 0.25) is 0 Å². The number of carbonyl (C=O) groups excluding carboxylic acids is 1. The number of fused-ring (bicyclic) bond motifs is 1. The molecule has 0 bridgehead atoms. The zero-order valence-electron chi connectivity index (χ0n) is 18.7. The maximum absolute atomic E-state index is 14.2. The molecular weight excluding hydrogens is 458 g/mol. The Morgan fingerprint density at radius 1 is 1.23 bits per heavy atom. The van der Waals surface area contributed by atoms with Crippen molar-refractivity contribution in [3.63, 3.8) is 0 Å². The van der Waals surface area contributed by atoms with E-state index in [-0.39, 0.29) is 30.0 Å². The minimum Gasteiger partial charge on any atom is -0.396 e. The molecule has 3 aromatic rings. The lowest BCUT2D eigenvalue weighted by Crippen LogP contribution is -2.54. The molecule has 1 saturated carbocycles. The quantitative estimate of drug-likeness (QED) is 0.473. The number of ketones is 1. The van der Waals surface area contributed by atoms with Crippen LogP contribution in [0.2, 0.25) is 0 Å². The first kappa shape index (κ1) is 23.4. The van der Waals surface area contributed by atoms with E-state index < -0.39 is 46.9 Å². The number of benzene rings is 1. The van der Waals surface area contributed by atoms with Crippen LogP contribution in [0.5, 0.6) is 0 Å². The summed E-state index contributed by atoms with van der Waals surface area (Å²) < 4.78 is 34.6. The van der Waals surface area contributed by atoms with E-state index in [0.717, 1.165) is 24.8 Å². The number of anilines is 1. The number of hydrogen-bond acceptors (Lipinski definition) is 8. The molecule has 2 fully saturated rings. The lowest BCUT2D eigenvalue weighted by Gasteiger charge is -2.43.